The molecule has 0 amide bonds. The van der Waals surface area contributed by atoms with Crippen molar-refractivity contribution in [2.75, 3.05) is 5.88 Å². The molecule has 0 bridgehead atoms. The van der Waals surface area contributed by atoms with Crippen molar-refractivity contribution in [3.8, 4) is 0 Å². The Morgan fingerprint density at radius 3 is 2.62 bits per heavy atom. The van der Waals surface area contributed by atoms with Gasteiger partial charge < -0.3 is 0 Å². The molecule has 0 aromatic heterocycles. The minimum absolute atomic E-state index is 0.238. The predicted molar refractivity (Wildman–Crippen MR) is 31.1 cm³/mol. The molecule has 8 heavy (non-hydrogen) atoms. The molecule has 5 heteroatoms. The van der Waals surface area contributed by atoms with E-state index in [4.69, 9.17) is 16.5 Å². The van der Waals surface area contributed by atoms with Crippen molar-refractivity contribution in [1.82, 2.24) is 0 Å². The lowest BCUT2D eigenvalue weighted by atomic mass is 10.5. The van der Waals surface area contributed by atoms with Gasteiger partial charge >= 0.3 is 8.25 Å². The summed E-state index contributed by atoms with van der Waals surface area (Å²) >= 11 is 5.23. The molecule has 48 valence electrons. The Labute approximate surface area is 53.6 Å². The van der Waals surface area contributed by atoms with Crippen molar-refractivity contribution >= 4 is 19.9 Å². The molecular weight excluding hydrogens is 150 g/mol. The van der Waals surface area contributed by atoms with Crippen molar-refractivity contribution in [1.29, 1.82) is 0 Å². The number of rotatable bonds is 3. The summed E-state index contributed by atoms with van der Waals surface area (Å²) in [7, 11) is -2.48. The molecule has 0 aliphatic rings. The monoisotopic (exact) mass is 157 g/mol. The van der Waals surface area contributed by atoms with Gasteiger partial charge in [0.05, 0.1) is 5.88 Å². The van der Waals surface area contributed by atoms with Crippen LogP contribution in [0.5, 0.6) is 0 Å². The zero-order chi connectivity index (χ0) is 6.57. The van der Waals surface area contributed by atoms with Crippen LogP contribution in [0.4, 0.5) is 0 Å². The van der Waals surface area contributed by atoms with Crippen LogP contribution in [0.3, 0.4) is 0 Å². The maximum atomic E-state index is 9.84. The van der Waals surface area contributed by atoms with Gasteiger partial charge in [-0.05, 0) is 6.92 Å². The summed E-state index contributed by atoms with van der Waals surface area (Å²) in [5.74, 6) is 0.238. The third-order valence-electron chi connectivity index (χ3n) is 0.487. The largest absolute Gasteiger partial charge is 0.695 e. The maximum absolute atomic E-state index is 9.84. The lowest BCUT2D eigenvalue weighted by Gasteiger charge is -1.92. The van der Waals surface area contributed by atoms with Crippen LogP contribution >= 0.6 is 19.9 Å². The lowest BCUT2D eigenvalue weighted by molar-refractivity contribution is 0.225. The molecule has 0 rings (SSSR count). The Morgan fingerprint density at radius 2 is 2.50 bits per heavy atom. The predicted octanol–water partition coefficient (Wildman–Crippen LogP) is 1.28. The molecule has 1 N–H and O–H groups in total. The number of alkyl halides is 1. The first-order chi connectivity index (χ1) is 3.66. The van der Waals surface area contributed by atoms with E-state index in [-0.39, 0.29) is 12.0 Å². The standard InChI is InChI=1S/C3H6ClO3P/c1-3(2-4)7-8(5)6/h3H,2H2,1H3/p+1. The molecule has 0 aliphatic carbocycles. The molecule has 0 aliphatic heterocycles. The van der Waals surface area contributed by atoms with Gasteiger partial charge in [-0.25, -0.2) is 0 Å². The molecule has 0 radical (unpaired) electrons. The minimum Gasteiger partial charge on any atom is -0.133 e. The summed E-state index contributed by atoms with van der Waals surface area (Å²) in [5.41, 5.74) is 0. The quantitative estimate of drug-likeness (QED) is 0.496. The Morgan fingerprint density at radius 1 is 2.00 bits per heavy atom. The second kappa shape index (κ2) is 4.21. The average Bonchev–Trinajstić information content (AvgIpc) is 1.65. The molecule has 0 saturated heterocycles. The van der Waals surface area contributed by atoms with Crippen molar-refractivity contribution in [3.63, 3.8) is 0 Å². The Bertz CT molecular complexity index is 86.6. The first kappa shape index (κ1) is 8.31. The van der Waals surface area contributed by atoms with Gasteiger partial charge in [0, 0.05) is 4.57 Å². The summed E-state index contributed by atoms with van der Waals surface area (Å²) < 4.78 is 14.2. The lowest BCUT2D eigenvalue weighted by Crippen LogP contribution is -2.03. The SMILES string of the molecule is CC(CCl)O[P+](=O)O. The van der Waals surface area contributed by atoms with Crippen LogP contribution in [0, 0.1) is 0 Å². The zero-order valence-corrected chi connectivity index (χ0v) is 6.02. The van der Waals surface area contributed by atoms with Gasteiger partial charge in [-0.2, -0.15) is 0 Å². The molecule has 0 spiro atoms. The molecule has 0 aromatic carbocycles. The third kappa shape index (κ3) is 4.47. The van der Waals surface area contributed by atoms with E-state index in [1.807, 2.05) is 0 Å². The fourth-order valence-electron chi connectivity index (χ4n) is 0.182. The maximum Gasteiger partial charge on any atom is 0.695 e. The topological polar surface area (TPSA) is 46.5 Å². The molecular formula is C3H7ClO3P+. The van der Waals surface area contributed by atoms with E-state index in [2.05, 4.69) is 4.52 Å². The highest BCUT2D eigenvalue weighted by atomic mass is 35.5. The van der Waals surface area contributed by atoms with Gasteiger partial charge in [0.15, 0.2) is 0 Å². The van der Waals surface area contributed by atoms with Crippen molar-refractivity contribution in [3.05, 3.63) is 0 Å². The van der Waals surface area contributed by atoms with Gasteiger partial charge in [-0.3, -0.25) is 0 Å². The van der Waals surface area contributed by atoms with E-state index in [0.29, 0.717) is 0 Å². The van der Waals surface area contributed by atoms with Gasteiger partial charge in [0.25, 0.3) is 0 Å². The van der Waals surface area contributed by atoms with Gasteiger partial charge in [-0.15, -0.1) is 21.0 Å². The van der Waals surface area contributed by atoms with E-state index < -0.39 is 8.25 Å². The molecule has 3 nitrogen and oxygen atoms in total. The summed E-state index contributed by atoms with van der Waals surface area (Å²) in [6, 6.07) is 0. The molecule has 2 atom stereocenters. The van der Waals surface area contributed by atoms with Crippen LogP contribution in [0.15, 0.2) is 0 Å². The number of hydrogen-bond donors (Lipinski definition) is 1. The van der Waals surface area contributed by atoms with Gasteiger partial charge in [0.1, 0.15) is 6.10 Å². The number of hydrogen-bond acceptors (Lipinski definition) is 2. The van der Waals surface area contributed by atoms with Gasteiger partial charge in [-0.1, -0.05) is 0 Å². The van der Waals surface area contributed by atoms with E-state index in [0.717, 1.165) is 0 Å². The van der Waals surface area contributed by atoms with E-state index in [1.54, 1.807) is 6.92 Å². The second-order valence-corrected chi connectivity index (χ2v) is 2.30. The first-order valence-electron chi connectivity index (χ1n) is 2.05. The van der Waals surface area contributed by atoms with Crippen molar-refractivity contribution in [2.24, 2.45) is 0 Å². The van der Waals surface area contributed by atoms with E-state index in [1.165, 1.54) is 0 Å². The summed E-state index contributed by atoms with van der Waals surface area (Å²) in [6.07, 6.45) is -0.342. The highest BCUT2D eigenvalue weighted by Gasteiger charge is 2.16. The fourth-order valence-corrected chi connectivity index (χ4v) is 0.715. The summed E-state index contributed by atoms with van der Waals surface area (Å²) in [5, 5.41) is 0. The summed E-state index contributed by atoms with van der Waals surface area (Å²) in [6.45, 7) is 1.62. The van der Waals surface area contributed by atoms with E-state index >= 15 is 0 Å². The molecule has 0 fully saturated rings. The van der Waals surface area contributed by atoms with Crippen LogP contribution in [-0.4, -0.2) is 16.9 Å². The highest BCUT2D eigenvalue weighted by Crippen LogP contribution is 2.17. The highest BCUT2D eigenvalue weighted by molar-refractivity contribution is 7.32. The average molecular weight is 158 g/mol. The van der Waals surface area contributed by atoms with Crippen LogP contribution in [0.25, 0.3) is 0 Å². The molecule has 2 unspecified atom stereocenters. The normalized spacial score (nSPS) is 15.6. The zero-order valence-electron chi connectivity index (χ0n) is 4.37. The molecule has 0 saturated carbocycles. The fraction of sp³-hybridized carbons (Fsp3) is 1.00. The van der Waals surface area contributed by atoms with Gasteiger partial charge in [0.2, 0.25) is 0 Å². The second-order valence-electron chi connectivity index (χ2n) is 1.31. The Kier molecular flexibility index (Phi) is 4.38. The van der Waals surface area contributed by atoms with Crippen LogP contribution in [-0.2, 0) is 9.09 Å². The van der Waals surface area contributed by atoms with Crippen LogP contribution in [0.2, 0.25) is 0 Å². The molecule has 0 aromatic rings. The molecule has 0 heterocycles. The van der Waals surface area contributed by atoms with Crippen LogP contribution < -0.4 is 0 Å². The number of halogens is 1. The van der Waals surface area contributed by atoms with E-state index in [9.17, 15) is 4.57 Å². The first-order valence-corrected chi connectivity index (χ1v) is 3.72. The Hall–Kier alpha value is 0.310. The van der Waals surface area contributed by atoms with Crippen molar-refractivity contribution in [2.45, 2.75) is 13.0 Å². The minimum atomic E-state index is -2.48. The van der Waals surface area contributed by atoms with Crippen LogP contribution in [0.1, 0.15) is 6.92 Å². The summed E-state index contributed by atoms with van der Waals surface area (Å²) in [4.78, 5) is 8.08. The van der Waals surface area contributed by atoms with Crippen molar-refractivity contribution < 1.29 is 14.0 Å². The Balaban J connectivity index is 3.24. The smallest absolute Gasteiger partial charge is 0.133 e. The third-order valence-corrected chi connectivity index (χ3v) is 1.46.